The van der Waals surface area contributed by atoms with Crippen LogP contribution in [-0.2, 0) is 11.2 Å². The standard InChI is InChI=1S/C15H10BrF3INO2/c16-10-3-6-13(12(20)8-10)21-14(22)7-9-1-4-11(5-2-9)23-15(17,18)19/h1-6,8H,7H2,(H,21,22). The third-order valence-electron chi connectivity index (χ3n) is 2.73. The Balaban J connectivity index is 1.97. The average molecular weight is 500 g/mol. The summed E-state index contributed by atoms with van der Waals surface area (Å²) in [7, 11) is 0. The van der Waals surface area contributed by atoms with Gasteiger partial charge in [-0.1, -0.05) is 28.1 Å². The van der Waals surface area contributed by atoms with Gasteiger partial charge in [-0.05, 0) is 58.5 Å². The summed E-state index contributed by atoms with van der Waals surface area (Å²) in [6.45, 7) is 0. The molecule has 0 bridgehead atoms. The van der Waals surface area contributed by atoms with Gasteiger partial charge in [-0.3, -0.25) is 4.79 Å². The molecule has 2 aromatic carbocycles. The Morgan fingerprint density at radius 3 is 2.39 bits per heavy atom. The van der Waals surface area contributed by atoms with Gasteiger partial charge in [0, 0.05) is 8.04 Å². The first-order valence-electron chi connectivity index (χ1n) is 6.32. The molecule has 1 N–H and O–H groups in total. The fraction of sp³-hybridized carbons (Fsp3) is 0.133. The number of ether oxygens (including phenoxy) is 1. The van der Waals surface area contributed by atoms with Gasteiger partial charge in [0.25, 0.3) is 0 Å². The summed E-state index contributed by atoms with van der Waals surface area (Å²) >= 11 is 5.43. The molecule has 0 atom stereocenters. The van der Waals surface area contributed by atoms with Crippen LogP contribution in [0.5, 0.6) is 5.75 Å². The van der Waals surface area contributed by atoms with E-state index in [-0.39, 0.29) is 18.1 Å². The number of rotatable bonds is 4. The first kappa shape index (κ1) is 18.1. The second kappa shape index (κ2) is 7.52. The van der Waals surface area contributed by atoms with Crippen molar-refractivity contribution in [1.29, 1.82) is 0 Å². The third kappa shape index (κ3) is 6.02. The molecule has 0 saturated heterocycles. The summed E-state index contributed by atoms with van der Waals surface area (Å²) in [5, 5.41) is 2.76. The molecule has 2 aromatic rings. The van der Waals surface area contributed by atoms with E-state index in [2.05, 4.69) is 48.6 Å². The lowest BCUT2D eigenvalue weighted by molar-refractivity contribution is -0.274. The first-order valence-corrected chi connectivity index (χ1v) is 8.20. The van der Waals surface area contributed by atoms with Crippen molar-refractivity contribution in [3.63, 3.8) is 0 Å². The van der Waals surface area contributed by atoms with Crippen molar-refractivity contribution in [2.24, 2.45) is 0 Å². The number of benzene rings is 2. The smallest absolute Gasteiger partial charge is 0.406 e. The van der Waals surface area contributed by atoms with Crippen molar-refractivity contribution in [3.05, 3.63) is 56.1 Å². The number of carbonyl (C=O) groups is 1. The molecule has 23 heavy (non-hydrogen) atoms. The van der Waals surface area contributed by atoms with Crippen molar-refractivity contribution >= 4 is 50.1 Å². The Morgan fingerprint density at radius 2 is 1.83 bits per heavy atom. The van der Waals surface area contributed by atoms with Crippen LogP contribution in [0.3, 0.4) is 0 Å². The van der Waals surface area contributed by atoms with Gasteiger partial charge in [0.05, 0.1) is 12.1 Å². The molecule has 0 spiro atoms. The lowest BCUT2D eigenvalue weighted by Crippen LogP contribution is -2.17. The Morgan fingerprint density at radius 1 is 1.17 bits per heavy atom. The molecule has 0 fully saturated rings. The maximum absolute atomic E-state index is 12.1. The largest absolute Gasteiger partial charge is 0.573 e. The SMILES string of the molecule is O=C(Cc1ccc(OC(F)(F)F)cc1)Nc1ccc(Br)cc1I. The normalized spacial score (nSPS) is 11.2. The van der Waals surface area contributed by atoms with Crippen LogP contribution in [0, 0.1) is 3.57 Å². The third-order valence-corrected chi connectivity index (χ3v) is 4.11. The van der Waals surface area contributed by atoms with E-state index in [1.807, 2.05) is 6.07 Å². The lowest BCUT2D eigenvalue weighted by Gasteiger charge is -2.10. The number of anilines is 1. The van der Waals surface area contributed by atoms with Crippen molar-refractivity contribution in [3.8, 4) is 5.75 Å². The molecule has 1 amide bonds. The Hall–Kier alpha value is -1.29. The van der Waals surface area contributed by atoms with E-state index in [1.54, 1.807) is 12.1 Å². The van der Waals surface area contributed by atoms with Gasteiger partial charge in [-0.15, -0.1) is 13.2 Å². The number of carbonyl (C=O) groups excluding carboxylic acids is 1. The molecule has 0 heterocycles. The zero-order valence-electron chi connectivity index (χ0n) is 11.5. The summed E-state index contributed by atoms with van der Waals surface area (Å²) in [4.78, 5) is 12.0. The number of nitrogens with one attached hydrogen (secondary N) is 1. The summed E-state index contributed by atoms with van der Waals surface area (Å²) in [5.41, 5.74) is 1.26. The second-order valence-corrected chi connectivity index (χ2v) is 6.62. The molecule has 0 aliphatic heterocycles. The van der Waals surface area contributed by atoms with Crippen molar-refractivity contribution in [2.45, 2.75) is 12.8 Å². The zero-order valence-corrected chi connectivity index (χ0v) is 15.2. The highest BCUT2D eigenvalue weighted by molar-refractivity contribution is 14.1. The molecule has 0 radical (unpaired) electrons. The minimum absolute atomic E-state index is 0.0540. The van der Waals surface area contributed by atoms with Crippen LogP contribution in [0.1, 0.15) is 5.56 Å². The van der Waals surface area contributed by atoms with Gasteiger partial charge in [-0.25, -0.2) is 0 Å². The quantitative estimate of drug-likeness (QED) is 0.592. The van der Waals surface area contributed by atoms with E-state index in [9.17, 15) is 18.0 Å². The number of amides is 1. The molecule has 0 unspecified atom stereocenters. The number of hydrogen-bond donors (Lipinski definition) is 1. The molecule has 0 aliphatic rings. The van der Waals surface area contributed by atoms with Gasteiger partial charge >= 0.3 is 6.36 Å². The van der Waals surface area contributed by atoms with Crippen LogP contribution >= 0.6 is 38.5 Å². The predicted molar refractivity (Wildman–Crippen MR) is 92.3 cm³/mol. The molecule has 0 aliphatic carbocycles. The highest BCUT2D eigenvalue weighted by atomic mass is 127. The van der Waals surface area contributed by atoms with E-state index >= 15 is 0 Å². The lowest BCUT2D eigenvalue weighted by atomic mass is 10.1. The molecule has 2 rings (SSSR count). The van der Waals surface area contributed by atoms with Crippen LogP contribution < -0.4 is 10.1 Å². The van der Waals surface area contributed by atoms with E-state index in [0.717, 1.165) is 8.04 Å². The predicted octanol–water partition coefficient (Wildman–Crippen LogP) is 5.13. The van der Waals surface area contributed by atoms with E-state index in [4.69, 9.17) is 0 Å². The fourth-order valence-electron chi connectivity index (χ4n) is 1.78. The highest BCUT2D eigenvalue weighted by Crippen LogP contribution is 2.24. The van der Waals surface area contributed by atoms with Crippen molar-refractivity contribution in [1.82, 2.24) is 0 Å². The summed E-state index contributed by atoms with van der Waals surface area (Å²) in [5.74, 6) is -0.571. The van der Waals surface area contributed by atoms with Crippen molar-refractivity contribution in [2.75, 3.05) is 5.32 Å². The number of halogens is 5. The van der Waals surface area contributed by atoms with Gasteiger partial charge < -0.3 is 10.1 Å². The van der Waals surface area contributed by atoms with Crippen LogP contribution in [-0.4, -0.2) is 12.3 Å². The molecular formula is C15H10BrF3INO2. The highest BCUT2D eigenvalue weighted by Gasteiger charge is 2.30. The topological polar surface area (TPSA) is 38.3 Å². The number of hydrogen-bond acceptors (Lipinski definition) is 2. The van der Waals surface area contributed by atoms with Gasteiger partial charge in [0.15, 0.2) is 0 Å². The average Bonchev–Trinajstić information content (AvgIpc) is 2.42. The minimum atomic E-state index is -4.73. The fourth-order valence-corrected chi connectivity index (χ4v) is 3.22. The van der Waals surface area contributed by atoms with Crippen LogP contribution in [0.2, 0.25) is 0 Å². The monoisotopic (exact) mass is 499 g/mol. The van der Waals surface area contributed by atoms with E-state index in [0.29, 0.717) is 11.3 Å². The molecule has 0 saturated carbocycles. The summed E-state index contributed by atoms with van der Waals surface area (Å²) in [6, 6.07) is 10.6. The zero-order chi connectivity index (χ0) is 17.0. The maximum Gasteiger partial charge on any atom is 0.573 e. The molecular weight excluding hydrogens is 490 g/mol. The Kier molecular flexibility index (Phi) is 5.90. The summed E-state index contributed by atoms with van der Waals surface area (Å²) in [6.07, 6.45) is -4.67. The van der Waals surface area contributed by atoms with Gasteiger partial charge in [0.2, 0.25) is 5.91 Å². The summed E-state index contributed by atoms with van der Waals surface area (Å²) < 4.78 is 41.8. The molecule has 3 nitrogen and oxygen atoms in total. The molecule has 8 heteroatoms. The second-order valence-electron chi connectivity index (χ2n) is 4.54. The maximum atomic E-state index is 12.1. The minimum Gasteiger partial charge on any atom is -0.406 e. The molecule has 122 valence electrons. The first-order chi connectivity index (χ1) is 10.7. The number of alkyl halides is 3. The van der Waals surface area contributed by atoms with E-state index in [1.165, 1.54) is 24.3 Å². The van der Waals surface area contributed by atoms with Gasteiger partial charge in [0.1, 0.15) is 5.75 Å². The van der Waals surface area contributed by atoms with Crippen LogP contribution in [0.4, 0.5) is 18.9 Å². The van der Waals surface area contributed by atoms with E-state index < -0.39 is 6.36 Å². The Bertz CT molecular complexity index is 705. The Labute approximate surface area is 152 Å². The molecule has 0 aromatic heterocycles. The van der Waals surface area contributed by atoms with Gasteiger partial charge in [-0.2, -0.15) is 0 Å². The van der Waals surface area contributed by atoms with Crippen LogP contribution in [0.25, 0.3) is 0 Å². The van der Waals surface area contributed by atoms with Crippen molar-refractivity contribution < 1.29 is 22.7 Å². The van der Waals surface area contributed by atoms with Crippen LogP contribution in [0.15, 0.2) is 46.9 Å².